The Kier molecular flexibility index (Phi) is 8.67. The van der Waals surface area contributed by atoms with Gasteiger partial charge in [-0.3, -0.25) is 0 Å². The van der Waals surface area contributed by atoms with Gasteiger partial charge < -0.3 is 10.6 Å². The SMILES string of the molecule is Cl.Cl.c1ccc(CC[C@@H]2CNCCN2)cc1. The van der Waals surface area contributed by atoms with Crippen molar-refractivity contribution < 1.29 is 0 Å². The number of halogens is 2. The first-order chi connectivity index (χ1) is 6.95. The van der Waals surface area contributed by atoms with Crippen molar-refractivity contribution in [2.24, 2.45) is 0 Å². The third kappa shape index (κ3) is 5.17. The number of hydrogen-bond donors (Lipinski definition) is 2. The molecule has 2 rings (SSSR count). The van der Waals surface area contributed by atoms with Gasteiger partial charge >= 0.3 is 0 Å². The van der Waals surface area contributed by atoms with E-state index in [1.165, 1.54) is 18.4 Å². The summed E-state index contributed by atoms with van der Waals surface area (Å²) in [6.45, 7) is 3.34. The highest BCUT2D eigenvalue weighted by atomic mass is 35.5. The van der Waals surface area contributed by atoms with Gasteiger partial charge in [0.1, 0.15) is 0 Å². The van der Waals surface area contributed by atoms with Crippen LogP contribution in [-0.2, 0) is 6.42 Å². The molecule has 0 aromatic heterocycles. The van der Waals surface area contributed by atoms with Crippen LogP contribution in [0.2, 0.25) is 0 Å². The van der Waals surface area contributed by atoms with Gasteiger partial charge in [-0.25, -0.2) is 0 Å². The second-order valence-electron chi connectivity index (χ2n) is 3.88. The Morgan fingerprint density at radius 3 is 2.44 bits per heavy atom. The van der Waals surface area contributed by atoms with E-state index in [0.29, 0.717) is 6.04 Å². The van der Waals surface area contributed by atoms with Crippen LogP contribution in [0.3, 0.4) is 0 Å². The molecule has 1 saturated heterocycles. The summed E-state index contributed by atoms with van der Waals surface area (Å²) >= 11 is 0. The van der Waals surface area contributed by atoms with Crippen molar-refractivity contribution in [2.75, 3.05) is 19.6 Å². The van der Waals surface area contributed by atoms with Gasteiger partial charge in [0, 0.05) is 25.7 Å². The summed E-state index contributed by atoms with van der Waals surface area (Å²) in [6, 6.07) is 11.4. The predicted octanol–water partition coefficient (Wildman–Crippen LogP) is 2.02. The molecule has 1 atom stereocenters. The van der Waals surface area contributed by atoms with Crippen molar-refractivity contribution in [1.29, 1.82) is 0 Å². The molecule has 1 aromatic carbocycles. The number of benzene rings is 1. The Morgan fingerprint density at radius 2 is 1.81 bits per heavy atom. The van der Waals surface area contributed by atoms with Gasteiger partial charge in [-0.2, -0.15) is 0 Å². The molecule has 0 bridgehead atoms. The molecule has 1 aromatic rings. The van der Waals surface area contributed by atoms with E-state index in [9.17, 15) is 0 Å². The van der Waals surface area contributed by atoms with Crippen molar-refractivity contribution in [3.05, 3.63) is 35.9 Å². The zero-order chi connectivity index (χ0) is 9.64. The minimum absolute atomic E-state index is 0. The largest absolute Gasteiger partial charge is 0.314 e. The molecular formula is C12H20Cl2N2. The number of rotatable bonds is 3. The van der Waals surface area contributed by atoms with E-state index >= 15 is 0 Å². The number of hydrogen-bond acceptors (Lipinski definition) is 2. The fourth-order valence-corrected chi connectivity index (χ4v) is 1.90. The highest BCUT2D eigenvalue weighted by Crippen LogP contribution is 2.05. The maximum absolute atomic E-state index is 3.53. The van der Waals surface area contributed by atoms with E-state index in [4.69, 9.17) is 0 Å². The van der Waals surface area contributed by atoms with Gasteiger partial charge in [-0.15, -0.1) is 24.8 Å². The van der Waals surface area contributed by atoms with Crippen LogP contribution in [0.25, 0.3) is 0 Å². The van der Waals surface area contributed by atoms with Gasteiger partial charge in [0.05, 0.1) is 0 Å². The molecule has 4 heteroatoms. The summed E-state index contributed by atoms with van der Waals surface area (Å²) in [5.41, 5.74) is 1.44. The van der Waals surface area contributed by atoms with Crippen molar-refractivity contribution in [3.8, 4) is 0 Å². The molecule has 2 N–H and O–H groups in total. The Balaban J connectivity index is 0.00000112. The standard InChI is InChI=1S/C12H18N2.2ClH/c1-2-4-11(5-3-1)6-7-12-10-13-8-9-14-12;;/h1-5,12-14H,6-10H2;2*1H/t12-;;/m1../s1. The van der Waals surface area contributed by atoms with Crippen LogP contribution < -0.4 is 10.6 Å². The lowest BCUT2D eigenvalue weighted by Crippen LogP contribution is -2.48. The predicted molar refractivity (Wildman–Crippen MR) is 73.9 cm³/mol. The zero-order valence-electron chi connectivity index (χ0n) is 9.32. The first-order valence-electron chi connectivity index (χ1n) is 5.43. The second kappa shape index (κ2) is 8.82. The molecule has 1 aliphatic rings. The smallest absolute Gasteiger partial charge is 0.0196 e. The Morgan fingerprint density at radius 1 is 1.06 bits per heavy atom. The highest BCUT2D eigenvalue weighted by molar-refractivity contribution is 5.85. The normalized spacial score (nSPS) is 19.4. The summed E-state index contributed by atoms with van der Waals surface area (Å²) in [5.74, 6) is 0. The lowest BCUT2D eigenvalue weighted by molar-refractivity contribution is 0.400. The van der Waals surface area contributed by atoms with Gasteiger partial charge in [-0.1, -0.05) is 30.3 Å². The average molecular weight is 263 g/mol. The lowest BCUT2D eigenvalue weighted by Gasteiger charge is -2.24. The first-order valence-corrected chi connectivity index (χ1v) is 5.43. The Labute approximate surface area is 110 Å². The average Bonchev–Trinajstić information content (AvgIpc) is 2.29. The minimum atomic E-state index is 0. The van der Waals surface area contributed by atoms with E-state index in [2.05, 4.69) is 41.0 Å². The van der Waals surface area contributed by atoms with Crippen molar-refractivity contribution >= 4 is 24.8 Å². The third-order valence-corrected chi connectivity index (χ3v) is 2.75. The number of nitrogens with one attached hydrogen (secondary N) is 2. The molecule has 0 spiro atoms. The third-order valence-electron chi connectivity index (χ3n) is 2.75. The van der Waals surface area contributed by atoms with Crippen molar-refractivity contribution in [1.82, 2.24) is 10.6 Å². The molecule has 0 unspecified atom stereocenters. The fourth-order valence-electron chi connectivity index (χ4n) is 1.90. The molecule has 1 fully saturated rings. The monoisotopic (exact) mass is 262 g/mol. The summed E-state index contributed by atoms with van der Waals surface area (Å²) in [4.78, 5) is 0. The Bertz CT molecular complexity index is 261. The van der Waals surface area contributed by atoms with Crippen LogP contribution in [0.15, 0.2) is 30.3 Å². The first kappa shape index (κ1) is 15.7. The van der Waals surface area contributed by atoms with Crippen LogP contribution in [-0.4, -0.2) is 25.7 Å². The van der Waals surface area contributed by atoms with E-state index in [-0.39, 0.29) is 24.8 Å². The highest BCUT2D eigenvalue weighted by Gasteiger charge is 2.10. The summed E-state index contributed by atoms with van der Waals surface area (Å²) < 4.78 is 0. The molecule has 0 aliphatic carbocycles. The van der Waals surface area contributed by atoms with Crippen LogP contribution in [0.4, 0.5) is 0 Å². The van der Waals surface area contributed by atoms with Gasteiger partial charge in [-0.05, 0) is 18.4 Å². The lowest BCUT2D eigenvalue weighted by atomic mass is 10.0. The topological polar surface area (TPSA) is 24.1 Å². The van der Waals surface area contributed by atoms with E-state index < -0.39 is 0 Å². The molecular weight excluding hydrogens is 243 g/mol. The number of aryl methyl sites for hydroxylation is 1. The zero-order valence-corrected chi connectivity index (χ0v) is 10.9. The van der Waals surface area contributed by atoms with E-state index in [0.717, 1.165) is 19.6 Å². The summed E-state index contributed by atoms with van der Waals surface area (Å²) in [5, 5.41) is 6.94. The van der Waals surface area contributed by atoms with Crippen LogP contribution >= 0.6 is 24.8 Å². The molecule has 0 amide bonds. The maximum atomic E-state index is 3.53. The van der Waals surface area contributed by atoms with Crippen LogP contribution in [0, 0.1) is 0 Å². The van der Waals surface area contributed by atoms with Gasteiger partial charge in [0.2, 0.25) is 0 Å². The maximum Gasteiger partial charge on any atom is 0.0196 e. The molecule has 0 saturated carbocycles. The van der Waals surface area contributed by atoms with E-state index in [1.54, 1.807) is 0 Å². The summed E-state index contributed by atoms with van der Waals surface area (Å²) in [6.07, 6.45) is 2.41. The number of piperazine rings is 1. The molecule has 1 heterocycles. The summed E-state index contributed by atoms with van der Waals surface area (Å²) in [7, 11) is 0. The van der Waals surface area contributed by atoms with Crippen molar-refractivity contribution in [3.63, 3.8) is 0 Å². The molecule has 92 valence electrons. The minimum Gasteiger partial charge on any atom is -0.314 e. The van der Waals surface area contributed by atoms with Gasteiger partial charge in [0.25, 0.3) is 0 Å². The fraction of sp³-hybridized carbons (Fsp3) is 0.500. The van der Waals surface area contributed by atoms with Crippen molar-refractivity contribution in [2.45, 2.75) is 18.9 Å². The Hall–Kier alpha value is -0.280. The van der Waals surface area contributed by atoms with Gasteiger partial charge in [0.15, 0.2) is 0 Å². The van der Waals surface area contributed by atoms with E-state index in [1.807, 2.05) is 0 Å². The molecule has 1 aliphatic heterocycles. The van der Waals surface area contributed by atoms with Crippen LogP contribution in [0.1, 0.15) is 12.0 Å². The van der Waals surface area contributed by atoms with Crippen LogP contribution in [0.5, 0.6) is 0 Å². The molecule has 16 heavy (non-hydrogen) atoms. The molecule has 2 nitrogen and oxygen atoms in total. The quantitative estimate of drug-likeness (QED) is 0.872. The second-order valence-corrected chi connectivity index (χ2v) is 3.88. The molecule has 0 radical (unpaired) electrons.